The van der Waals surface area contributed by atoms with E-state index in [9.17, 15) is 64.0 Å². The number of para-hydroxylation sites is 2. The van der Waals surface area contributed by atoms with Gasteiger partial charge in [0.1, 0.15) is 24.2 Å². The molecule has 4 unspecified atom stereocenters. The van der Waals surface area contributed by atoms with Crippen LogP contribution in [0.5, 0.6) is 23.0 Å². The number of nitrogens with one attached hydrogen (secondary N) is 7. The Morgan fingerprint density at radius 1 is 0.644 bits per heavy atom. The number of hydrogen-bond acceptors (Lipinski definition) is 13. The lowest BCUT2D eigenvalue weighted by Gasteiger charge is -2.30. The molecule has 10 amide bonds. The lowest BCUT2D eigenvalue weighted by molar-refractivity contribution is -0.173. The molecule has 2 aromatic carbocycles. The number of carbonyl (C=O) groups excluding carboxylic acids is 8. The number of benzene rings is 2. The van der Waals surface area contributed by atoms with Crippen LogP contribution in [-0.4, -0.2) is 129 Å². The summed E-state index contributed by atoms with van der Waals surface area (Å²) in [7, 11) is 0. The lowest BCUT2D eigenvalue weighted by Crippen LogP contribution is -2.59. The summed E-state index contributed by atoms with van der Waals surface area (Å²) in [6, 6.07) is 0.279. The summed E-state index contributed by atoms with van der Waals surface area (Å²) in [5, 5.41) is 67.6. The Hall–Kier alpha value is -7.04. The van der Waals surface area contributed by atoms with E-state index in [1.165, 1.54) is 30.3 Å². The molecule has 0 saturated carbocycles. The molecule has 1 aliphatic heterocycles. The molecule has 0 radical (unpaired) electrons. The molecule has 0 spiro atoms. The fraction of sp³-hybridized carbons (Fsp3) is 0.444. The quantitative estimate of drug-likeness (QED) is 0.0375. The summed E-state index contributed by atoms with van der Waals surface area (Å²) < 4.78 is 0. The van der Waals surface area contributed by atoms with Crippen molar-refractivity contribution in [3.63, 3.8) is 0 Å². The number of primary amides is 2. The van der Waals surface area contributed by atoms with Crippen LogP contribution in [0.15, 0.2) is 36.4 Å². The monoisotopic (exact) mass is 830 g/mol. The van der Waals surface area contributed by atoms with Crippen LogP contribution in [0.2, 0.25) is 0 Å². The molecule has 23 heteroatoms. The van der Waals surface area contributed by atoms with Crippen LogP contribution >= 0.6 is 0 Å². The Balaban J connectivity index is 1.84. The van der Waals surface area contributed by atoms with E-state index >= 15 is 0 Å². The average Bonchev–Trinajstić information content (AvgIpc) is 3.18. The number of piperidine rings is 1. The van der Waals surface area contributed by atoms with Gasteiger partial charge < -0.3 is 69.1 Å². The molecule has 0 aliphatic carbocycles. The number of phenols is 4. The van der Waals surface area contributed by atoms with Gasteiger partial charge in [0.15, 0.2) is 23.0 Å². The van der Waals surface area contributed by atoms with Crippen LogP contribution in [0, 0.1) is 0 Å². The van der Waals surface area contributed by atoms with Gasteiger partial charge in [0, 0.05) is 26.2 Å². The molecule has 0 bridgehead atoms. The van der Waals surface area contributed by atoms with Crippen molar-refractivity contribution in [2.75, 3.05) is 26.2 Å². The Labute approximate surface area is 337 Å². The van der Waals surface area contributed by atoms with Gasteiger partial charge in [-0.1, -0.05) is 12.1 Å². The third kappa shape index (κ3) is 14.4. The first-order valence-corrected chi connectivity index (χ1v) is 18.6. The Bertz CT molecular complexity index is 1860. The fourth-order valence-corrected chi connectivity index (χ4v) is 5.92. The third-order valence-electron chi connectivity index (χ3n) is 9.03. The molecule has 1 aliphatic rings. The first-order chi connectivity index (χ1) is 28.0. The number of hydrogen-bond donors (Lipinski definition) is 14. The van der Waals surface area contributed by atoms with Crippen molar-refractivity contribution in [3.05, 3.63) is 47.5 Å². The Morgan fingerprint density at radius 2 is 1.08 bits per heavy atom. The third-order valence-corrected chi connectivity index (χ3v) is 9.03. The number of carbonyl (C=O) groups is 8. The Kier molecular flexibility index (Phi) is 17.8. The topological polar surface area (TPSA) is 377 Å². The summed E-state index contributed by atoms with van der Waals surface area (Å²) in [5.74, 6) is -7.78. The van der Waals surface area contributed by atoms with Crippen molar-refractivity contribution < 1.29 is 64.0 Å². The lowest BCUT2D eigenvalue weighted by atomic mass is 10.0. The normalized spacial score (nSPS) is 15.1. The van der Waals surface area contributed by atoms with Gasteiger partial charge in [0.05, 0.1) is 11.1 Å². The zero-order valence-electron chi connectivity index (χ0n) is 31.9. The molecule has 322 valence electrons. The standard InChI is InChI=1S/C36H50N10O13/c37-35(57)40-16-4-10-22(32(54)44-23(11-5-17-41-36(38)58)33(55)45-24-12-6-18-46(59)34(24)56)43-31(53)21(42-30(52)20-8-2-14-26(48)28(20)50)9-3-15-39-29(51)19-7-1-13-25(47)27(19)49/h1-2,7-8,13-14,21-24,47-50,59H,3-6,9-12,15-18H2,(H,39,51)(H,42,52)(H,43,53)(H,44,54)(H,45,55)(H3,37,40,57)(H3,38,41,58). The minimum absolute atomic E-state index is 0.00183. The predicted molar refractivity (Wildman–Crippen MR) is 205 cm³/mol. The summed E-state index contributed by atoms with van der Waals surface area (Å²) >= 11 is 0. The molecule has 1 saturated heterocycles. The number of hydroxylamine groups is 2. The summed E-state index contributed by atoms with van der Waals surface area (Å²) in [4.78, 5) is 102. The molecule has 0 aromatic heterocycles. The van der Waals surface area contributed by atoms with Crippen molar-refractivity contribution in [1.29, 1.82) is 0 Å². The highest BCUT2D eigenvalue weighted by Crippen LogP contribution is 2.29. The van der Waals surface area contributed by atoms with E-state index in [2.05, 4.69) is 37.2 Å². The van der Waals surface area contributed by atoms with Crippen molar-refractivity contribution >= 4 is 47.5 Å². The molecule has 59 heavy (non-hydrogen) atoms. The molecular weight excluding hydrogens is 780 g/mol. The fourth-order valence-electron chi connectivity index (χ4n) is 5.92. The first kappa shape index (κ1) is 46.3. The number of urea groups is 2. The second-order valence-corrected chi connectivity index (χ2v) is 13.4. The number of nitrogens with zero attached hydrogens (tertiary/aromatic N) is 1. The van der Waals surface area contributed by atoms with Gasteiger partial charge in [-0.05, 0) is 75.6 Å². The van der Waals surface area contributed by atoms with Gasteiger partial charge >= 0.3 is 12.1 Å². The van der Waals surface area contributed by atoms with Crippen LogP contribution in [0.4, 0.5) is 9.59 Å². The van der Waals surface area contributed by atoms with Gasteiger partial charge in [-0.3, -0.25) is 34.0 Å². The number of rotatable bonds is 21. The van der Waals surface area contributed by atoms with Crippen molar-refractivity contribution in [3.8, 4) is 23.0 Å². The number of phenolic OH excluding ortho intramolecular Hbond substituents is 4. The highest BCUT2D eigenvalue weighted by Gasteiger charge is 2.34. The molecule has 16 N–H and O–H groups in total. The van der Waals surface area contributed by atoms with E-state index in [-0.39, 0.29) is 76.7 Å². The van der Waals surface area contributed by atoms with Gasteiger partial charge in [0.2, 0.25) is 17.7 Å². The van der Waals surface area contributed by atoms with Gasteiger partial charge in [-0.15, -0.1) is 0 Å². The van der Waals surface area contributed by atoms with Crippen molar-refractivity contribution in [2.45, 2.75) is 75.5 Å². The van der Waals surface area contributed by atoms with E-state index in [0.717, 1.165) is 6.07 Å². The van der Waals surface area contributed by atoms with Gasteiger partial charge in [-0.2, -0.15) is 0 Å². The second-order valence-electron chi connectivity index (χ2n) is 13.4. The largest absolute Gasteiger partial charge is 0.504 e. The zero-order valence-corrected chi connectivity index (χ0v) is 31.9. The number of aromatic hydroxyl groups is 4. The van der Waals surface area contributed by atoms with Gasteiger partial charge in [0.25, 0.3) is 17.7 Å². The minimum atomic E-state index is -1.47. The predicted octanol–water partition coefficient (Wildman–Crippen LogP) is -1.82. The van der Waals surface area contributed by atoms with Crippen LogP contribution in [0.25, 0.3) is 0 Å². The minimum Gasteiger partial charge on any atom is -0.504 e. The Morgan fingerprint density at radius 3 is 1.58 bits per heavy atom. The molecular formula is C36H50N10O13. The molecule has 23 nitrogen and oxygen atoms in total. The molecule has 2 aromatic rings. The smallest absolute Gasteiger partial charge is 0.312 e. The molecule has 4 atom stereocenters. The highest BCUT2D eigenvalue weighted by molar-refractivity contribution is 6.01. The van der Waals surface area contributed by atoms with Gasteiger partial charge in [-0.25, -0.2) is 14.7 Å². The summed E-state index contributed by atoms with van der Waals surface area (Å²) in [5.41, 5.74) is 9.65. The molecule has 1 fully saturated rings. The van der Waals surface area contributed by atoms with Crippen LogP contribution < -0.4 is 48.7 Å². The molecule has 3 rings (SSSR count). The maximum atomic E-state index is 13.9. The average molecular weight is 831 g/mol. The van der Waals surface area contributed by atoms with Crippen LogP contribution in [0.3, 0.4) is 0 Å². The van der Waals surface area contributed by atoms with E-state index in [0.29, 0.717) is 11.5 Å². The first-order valence-electron chi connectivity index (χ1n) is 18.6. The van der Waals surface area contributed by atoms with E-state index in [1.807, 2.05) is 0 Å². The van der Waals surface area contributed by atoms with Crippen molar-refractivity contribution in [2.24, 2.45) is 11.5 Å². The zero-order chi connectivity index (χ0) is 43.6. The summed E-state index contributed by atoms with van der Waals surface area (Å²) in [6.45, 7) is -0.0891. The van der Waals surface area contributed by atoms with E-state index < -0.39 is 100 Å². The SMILES string of the molecule is NC(=O)NCCCC(NC(=O)C(CCCNC(=O)c1cccc(O)c1O)NC(=O)c1cccc(O)c1O)C(=O)NC(CCCNC(N)=O)C(=O)NC1CCCN(O)C1=O. The maximum absolute atomic E-state index is 13.9. The molecule has 1 heterocycles. The second kappa shape index (κ2) is 22.6. The highest BCUT2D eigenvalue weighted by atomic mass is 16.5. The number of nitrogens with two attached hydrogens (primary N) is 2. The van der Waals surface area contributed by atoms with Crippen molar-refractivity contribution in [1.82, 2.24) is 42.3 Å². The number of amides is 10. The maximum Gasteiger partial charge on any atom is 0.312 e. The van der Waals surface area contributed by atoms with E-state index in [1.54, 1.807) is 0 Å². The van der Waals surface area contributed by atoms with Crippen LogP contribution in [-0.2, 0) is 19.2 Å². The summed E-state index contributed by atoms with van der Waals surface area (Å²) in [6.07, 6.45) is 0.299. The van der Waals surface area contributed by atoms with E-state index in [4.69, 9.17) is 11.5 Å². The van der Waals surface area contributed by atoms with Crippen LogP contribution in [0.1, 0.15) is 72.1 Å².